The molecule has 2 aromatic rings. The van der Waals surface area contributed by atoms with E-state index in [9.17, 15) is 13.5 Å². The lowest BCUT2D eigenvalue weighted by Gasteiger charge is -2.37. The first kappa shape index (κ1) is 19.7. The van der Waals surface area contributed by atoms with Crippen LogP contribution in [0.15, 0.2) is 54.6 Å². The summed E-state index contributed by atoms with van der Waals surface area (Å²) in [5.41, 5.74) is 2.20. The van der Waals surface area contributed by atoms with Gasteiger partial charge >= 0.3 is 0 Å². The van der Waals surface area contributed by atoms with Gasteiger partial charge in [0.15, 0.2) is 0 Å². The maximum atomic E-state index is 13.2. The molecule has 0 bridgehead atoms. The van der Waals surface area contributed by atoms with Crippen molar-refractivity contribution in [3.63, 3.8) is 0 Å². The molecule has 3 rings (SSSR count). The maximum Gasteiger partial charge on any atom is 0.245 e. The molecular weight excluding hydrogens is 360 g/mol. The second kappa shape index (κ2) is 8.19. The summed E-state index contributed by atoms with van der Waals surface area (Å²) in [6.07, 6.45) is -0.195. The summed E-state index contributed by atoms with van der Waals surface area (Å²) in [5.74, 6) is 0. The van der Waals surface area contributed by atoms with Gasteiger partial charge in [-0.1, -0.05) is 36.4 Å². The SMILES string of the molecule is CNCC[C@H](O)[C@@H]1Cc2ccccc2N(c2ccccc2)S1(=O)=O.Cl. The van der Waals surface area contributed by atoms with Gasteiger partial charge in [0.1, 0.15) is 5.25 Å². The highest BCUT2D eigenvalue weighted by Gasteiger charge is 2.42. The molecule has 136 valence electrons. The number of halogens is 1. The second-order valence-corrected chi connectivity index (χ2v) is 7.98. The van der Waals surface area contributed by atoms with E-state index in [0.29, 0.717) is 30.8 Å². The highest BCUT2D eigenvalue weighted by molar-refractivity contribution is 7.93. The van der Waals surface area contributed by atoms with Crippen LogP contribution in [-0.4, -0.2) is 38.5 Å². The lowest BCUT2D eigenvalue weighted by Crippen LogP contribution is -2.47. The predicted octanol–water partition coefficient (Wildman–Crippen LogP) is 2.47. The molecule has 5 nitrogen and oxygen atoms in total. The number of nitrogens with zero attached hydrogens (tertiary/aromatic N) is 1. The third-order valence-corrected chi connectivity index (χ3v) is 6.54. The fourth-order valence-corrected chi connectivity index (χ4v) is 5.20. The Bertz CT molecular complexity index is 799. The van der Waals surface area contributed by atoms with Crippen LogP contribution < -0.4 is 9.62 Å². The summed E-state index contributed by atoms with van der Waals surface area (Å²) in [6, 6.07) is 16.5. The monoisotopic (exact) mass is 382 g/mol. The van der Waals surface area contributed by atoms with Crippen molar-refractivity contribution < 1.29 is 13.5 Å². The largest absolute Gasteiger partial charge is 0.392 e. The Morgan fingerprint density at radius 1 is 1.16 bits per heavy atom. The number of rotatable bonds is 5. The zero-order valence-electron chi connectivity index (χ0n) is 14.0. The zero-order valence-corrected chi connectivity index (χ0v) is 15.6. The normalized spacial score (nSPS) is 19.6. The number of hydrogen-bond acceptors (Lipinski definition) is 4. The lowest BCUT2D eigenvalue weighted by atomic mass is 10.0. The number of anilines is 2. The molecule has 0 fully saturated rings. The highest BCUT2D eigenvalue weighted by Crippen LogP contribution is 2.39. The van der Waals surface area contributed by atoms with Gasteiger partial charge in [-0.05, 0) is 50.2 Å². The van der Waals surface area contributed by atoms with E-state index in [1.54, 1.807) is 19.2 Å². The summed E-state index contributed by atoms with van der Waals surface area (Å²) in [6.45, 7) is 0.570. The van der Waals surface area contributed by atoms with Gasteiger partial charge in [-0.2, -0.15) is 0 Å². The Morgan fingerprint density at radius 3 is 2.48 bits per heavy atom. The number of para-hydroxylation sites is 2. The molecule has 2 N–H and O–H groups in total. The molecule has 25 heavy (non-hydrogen) atoms. The molecular formula is C18H23ClN2O3S. The Balaban J connectivity index is 0.00000225. The number of aliphatic hydroxyl groups excluding tert-OH is 1. The number of fused-ring (bicyclic) bond motifs is 1. The summed E-state index contributed by atoms with van der Waals surface area (Å²) < 4.78 is 27.8. The molecule has 1 aliphatic heterocycles. The fourth-order valence-electron chi connectivity index (χ4n) is 3.14. The van der Waals surface area contributed by atoms with E-state index >= 15 is 0 Å². The summed E-state index contributed by atoms with van der Waals surface area (Å²) in [7, 11) is -1.92. The van der Waals surface area contributed by atoms with E-state index in [2.05, 4.69) is 5.32 Å². The van der Waals surface area contributed by atoms with Crippen molar-refractivity contribution in [1.29, 1.82) is 0 Å². The first-order valence-corrected chi connectivity index (χ1v) is 9.56. The molecule has 0 aliphatic carbocycles. The molecule has 0 unspecified atom stereocenters. The summed E-state index contributed by atoms with van der Waals surface area (Å²) in [5, 5.41) is 12.6. The zero-order chi connectivity index (χ0) is 17.2. The third-order valence-electron chi connectivity index (χ3n) is 4.38. The van der Waals surface area contributed by atoms with Crippen molar-refractivity contribution in [2.45, 2.75) is 24.2 Å². The van der Waals surface area contributed by atoms with Gasteiger partial charge in [-0.3, -0.25) is 0 Å². The van der Waals surface area contributed by atoms with Crippen molar-refractivity contribution in [2.75, 3.05) is 17.9 Å². The van der Waals surface area contributed by atoms with Crippen molar-refractivity contribution in [2.24, 2.45) is 0 Å². The molecule has 1 heterocycles. The van der Waals surface area contributed by atoms with Crippen LogP contribution >= 0.6 is 12.4 Å². The first-order valence-electron chi connectivity index (χ1n) is 8.05. The Kier molecular flexibility index (Phi) is 6.46. The van der Waals surface area contributed by atoms with Crippen LogP contribution in [-0.2, 0) is 16.4 Å². The van der Waals surface area contributed by atoms with Crippen LogP contribution in [0.3, 0.4) is 0 Å². The minimum atomic E-state index is -3.70. The van der Waals surface area contributed by atoms with Crippen LogP contribution in [0.5, 0.6) is 0 Å². The topological polar surface area (TPSA) is 69.6 Å². The van der Waals surface area contributed by atoms with E-state index in [4.69, 9.17) is 0 Å². The molecule has 7 heteroatoms. The van der Waals surface area contributed by atoms with Crippen molar-refractivity contribution in [3.05, 3.63) is 60.2 Å². The average Bonchev–Trinajstić information content (AvgIpc) is 2.59. The summed E-state index contributed by atoms with van der Waals surface area (Å²) in [4.78, 5) is 0. The molecule has 0 aromatic heterocycles. The van der Waals surface area contributed by atoms with E-state index in [0.717, 1.165) is 5.56 Å². The molecule has 2 atom stereocenters. The van der Waals surface area contributed by atoms with Crippen LogP contribution in [0.1, 0.15) is 12.0 Å². The Hall–Kier alpha value is -1.60. The van der Waals surface area contributed by atoms with E-state index in [-0.39, 0.29) is 12.4 Å². The predicted molar refractivity (Wildman–Crippen MR) is 103 cm³/mol. The second-order valence-electron chi connectivity index (χ2n) is 5.98. The minimum absolute atomic E-state index is 0. The van der Waals surface area contributed by atoms with Gasteiger partial charge in [0, 0.05) is 0 Å². The third kappa shape index (κ3) is 3.82. The van der Waals surface area contributed by atoms with Crippen molar-refractivity contribution in [1.82, 2.24) is 5.32 Å². The van der Waals surface area contributed by atoms with Gasteiger partial charge < -0.3 is 10.4 Å². The molecule has 0 saturated heterocycles. The Labute approximate surface area is 155 Å². The lowest BCUT2D eigenvalue weighted by molar-refractivity contribution is 0.157. The minimum Gasteiger partial charge on any atom is -0.392 e. The van der Waals surface area contributed by atoms with Crippen LogP contribution in [0.4, 0.5) is 11.4 Å². The number of aliphatic hydroxyl groups is 1. The summed E-state index contributed by atoms with van der Waals surface area (Å²) >= 11 is 0. The van der Waals surface area contributed by atoms with Gasteiger partial charge in [0.05, 0.1) is 17.5 Å². The van der Waals surface area contributed by atoms with Crippen LogP contribution in [0.25, 0.3) is 0 Å². The van der Waals surface area contributed by atoms with Crippen LogP contribution in [0, 0.1) is 0 Å². The molecule has 0 amide bonds. The standard InChI is InChI=1S/C18H22N2O3S.ClH/c1-19-12-11-17(21)18-13-14-7-5-6-10-16(14)20(24(18,22)23)15-8-3-2-4-9-15;/h2-10,17-19,21H,11-13H2,1H3;1H/t17-,18-;/m0./s1. The van der Waals surface area contributed by atoms with Gasteiger partial charge in [0.25, 0.3) is 0 Å². The average molecular weight is 383 g/mol. The fraction of sp³-hybridized carbons (Fsp3) is 0.333. The smallest absolute Gasteiger partial charge is 0.245 e. The van der Waals surface area contributed by atoms with Gasteiger partial charge in [-0.25, -0.2) is 12.7 Å². The number of benzene rings is 2. The molecule has 1 aliphatic rings. The number of sulfonamides is 1. The van der Waals surface area contributed by atoms with E-state index < -0.39 is 21.4 Å². The van der Waals surface area contributed by atoms with Gasteiger partial charge in [-0.15, -0.1) is 12.4 Å². The van der Waals surface area contributed by atoms with E-state index in [1.807, 2.05) is 42.5 Å². The van der Waals surface area contributed by atoms with Crippen molar-refractivity contribution >= 4 is 33.8 Å². The highest BCUT2D eigenvalue weighted by atomic mass is 35.5. The molecule has 0 radical (unpaired) electrons. The number of nitrogens with one attached hydrogen (secondary N) is 1. The first-order chi connectivity index (χ1) is 11.6. The quantitative estimate of drug-likeness (QED) is 0.833. The van der Waals surface area contributed by atoms with Gasteiger partial charge in [0.2, 0.25) is 10.0 Å². The van der Waals surface area contributed by atoms with E-state index in [1.165, 1.54) is 4.31 Å². The molecule has 0 spiro atoms. The number of hydrogen-bond donors (Lipinski definition) is 2. The maximum absolute atomic E-state index is 13.2. The molecule has 2 aromatic carbocycles. The van der Waals surface area contributed by atoms with Crippen molar-refractivity contribution in [3.8, 4) is 0 Å². The van der Waals surface area contributed by atoms with Crippen LogP contribution in [0.2, 0.25) is 0 Å². The molecule has 0 saturated carbocycles. The Morgan fingerprint density at radius 2 is 1.80 bits per heavy atom.